The summed E-state index contributed by atoms with van der Waals surface area (Å²) < 4.78 is 38.5. The Morgan fingerprint density at radius 1 is 1.08 bits per heavy atom. The number of nitrogens with zero attached hydrogens (tertiary/aromatic N) is 2. The van der Waals surface area contributed by atoms with Crippen LogP contribution in [0.5, 0.6) is 0 Å². The Labute approximate surface area is 148 Å². The van der Waals surface area contributed by atoms with Crippen LogP contribution in [0, 0.1) is 0 Å². The molecule has 0 aliphatic carbocycles. The topological polar surface area (TPSA) is 23.6 Å². The van der Waals surface area contributed by atoms with E-state index >= 15 is 0 Å². The molecule has 0 saturated carbocycles. The van der Waals surface area contributed by atoms with Crippen LogP contribution >= 0.6 is 11.3 Å². The molecule has 1 aliphatic rings. The Hall–Kier alpha value is -2.02. The quantitative estimate of drug-likeness (QED) is 0.813. The molecule has 1 aromatic carbocycles. The van der Waals surface area contributed by atoms with Crippen LogP contribution in [0.2, 0.25) is 0 Å². The monoisotopic (exact) mass is 368 g/mol. The summed E-state index contributed by atoms with van der Waals surface area (Å²) in [5.41, 5.74) is -0.0834. The number of aryl methyl sites for hydroxylation is 1. The van der Waals surface area contributed by atoms with E-state index in [2.05, 4.69) is 0 Å². The van der Waals surface area contributed by atoms with Crippen molar-refractivity contribution in [2.45, 2.75) is 19.0 Å². The van der Waals surface area contributed by atoms with E-state index in [1.807, 2.05) is 22.4 Å². The van der Waals surface area contributed by atoms with Gasteiger partial charge in [0.1, 0.15) is 0 Å². The molecular formula is C18H19F3N2OS. The SMILES string of the molecule is O=C(CCc1cccs1)N1CCN(c2cccc(C(F)(F)F)c2)CC1. The van der Waals surface area contributed by atoms with Crippen molar-refractivity contribution in [1.29, 1.82) is 0 Å². The number of carbonyl (C=O) groups excluding carboxylic acids is 1. The molecule has 0 unspecified atom stereocenters. The lowest BCUT2D eigenvalue weighted by Gasteiger charge is -2.36. The summed E-state index contributed by atoms with van der Waals surface area (Å²) in [6.07, 6.45) is -3.12. The second-order valence-electron chi connectivity index (χ2n) is 6.00. The number of amides is 1. The largest absolute Gasteiger partial charge is 0.416 e. The van der Waals surface area contributed by atoms with Gasteiger partial charge in [-0.2, -0.15) is 13.2 Å². The number of piperazine rings is 1. The van der Waals surface area contributed by atoms with Crippen molar-refractivity contribution in [3.63, 3.8) is 0 Å². The first-order valence-electron chi connectivity index (χ1n) is 8.16. The van der Waals surface area contributed by atoms with Gasteiger partial charge in [0.15, 0.2) is 0 Å². The molecule has 7 heteroatoms. The molecule has 3 rings (SSSR count). The first-order chi connectivity index (χ1) is 11.9. The van der Waals surface area contributed by atoms with Gasteiger partial charge in [-0.25, -0.2) is 0 Å². The average Bonchev–Trinajstić information content (AvgIpc) is 3.13. The molecule has 1 aliphatic heterocycles. The molecule has 0 spiro atoms. The fourth-order valence-corrected chi connectivity index (χ4v) is 3.65. The molecular weight excluding hydrogens is 349 g/mol. The minimum atomic E-state index is -4.34. The van der Waals surface area contributed by atoms with E-state index in [4.69, 9.17) is 0 Å². The highest BCUT2D eigenvalue weighted by molar-refractivity contribution is 7.09. The van der Waals surface area contributed by atoms with Crippen LogP contribution in [0.3, 0.4) is 0 Å². The molecule has 3 nitrogen and oxygen atoms in total. The Morgan fingerprint density at radius 3 is 2.48 bits per heavy atom. The lowest BCUT2D eigenvalue weighted by Crippen LogP contribution is -2.48. The number of hydrogen-bond acceptors (Lipinski definition) is 3. The van der Waals surface area contributed by atoms with Crippen molar-refractivity contribution in [2.24, 2.45) is 0 Å². The standard InChI is InChI=1S/C18H19F3N2OS/c19-18(20,21)14-3-1-4-15(13-14)22-8-10-23(11-9-22)17(24)7-6-16-5-2-12-25-16/h1-5,12-13H,6-11H2. The van der Waals surface area contributed by atoms with Crippen molar-refractivity contribution in [2.75, 3.05) is 31.1 Å². The maximum atomic E-state index is 12.8. The Bertz CT molecular complexity index is 707. The lowest BCUT2D eigenvalue weighted by atomic mass is 10.1. The molecule has 2 heterocycles. The van der Waals surface area contributed by atoms with Crippen LogP contribution in [0.25, 0.3) is 0 Å². The minimum Gasteiger partial charge on any atom is -0.368 e. The van der Waals surface area contributed by atoms with Gasteiger partial charge in [-0.1, -0.05) is 12.1 Å². The zero-order chi connectivity index (χ0) is 17.9. The van der Waals surface area contributed by atoms with Gasteiger partial charge < -0.3 is 9.80 Å². The molecule has 25 heavy (non-hydrogen) atoms. The Balaban J connectivity index is 1.54. The summed E-state index contributed by atoms with van der Waals surface area (Å²) in [6, 6.07) is 9.35. The van der Waals surface area contributed by atoms with E-state index in [-0.39, 0.29) is 5.91 Å². The van der Waals surface area contributed by atoms with Gasteiger partial charge in [0.25, 0.3) is 0 Å². The van der Waals surface area contributed by atoms with Crippen LogP contribution in [0.15, 0.2) is 41.8 Å². The third-order valence-corrected chi connectivity index (χ3v) is 5.27. The number of alkyl halides is 3. The fourth-order valence-electron chi connectivity index (χ4n) is 2.94. The first kappa shape index (κ1) is 17.8. The van der Waals surface area contributed by atoms with E-state index in [0.29, 0.717) is 38.3 Å². The van der Waals surface area contributed by atoms with Gasteiger partial charge in [-0.3, -0.25) is 4.79 Å². The lowest BCUT2D eigenvalue weighted by molar-refractivity contribution is -0.137. The molecule has 1 fully saturated rings. The molecule has 1 saturated heterocycles. The van der Waals surface area contributed by atoms with E-state index in [1.54, 1.807) is 22.3 Å². The van der Waals surface area contributed by atoms with Crippen molar-refractivity contribution in [3.8, 4) is 0 Å². The average molecular weight is 368 g/mol. The fraction of sp³-hybridized carbons (Fsp3) is 0.389. The number of benzene rings is 1. The van der Waals surface area contributed by atoms with Crippen molar-refractivity contribution < 1.29 is 18.0 Å². The molecule has 1 amide bonds. The van der Waals surface area contributed by atoms with Crippen LogP contribution in [0.1, 0.15) is 16.9 Å². The normalized spacial score (nSPS) is 15.5. The molecule has 0 bridgehead atoms. The third kappa shape index (κ3) is 4.54. The molecule has 1 aromatic heterocycles. The summed E-state index contributed by atoms with van der Waals surface area (Å²) in [5.74, 6) is 0.108. The summed E-state index contributed by atoms with van der Waals surface area (Å²) in [6.45, 7) is 2.18. The van der Waals surface area contributed by atoms with Crippen molar-refractivity contribution >= 4 is 22.9 Å². The number of anilines is 1. The number of rotatable bonds is 4. The molecule has 134 valence electrons. The zero-order valence-electron chi connectivity index (χ0n) is 13.6. The van der Waals surface area contributed by atoms with E-state index in [1.165, 1.54) is 17.0 Å². The van der Waals surface area contributed by atoms with Crippen LogP contribution in [-0.4, -0.2) is 37.0 Å². The van der Waals surface area contributed by atoms with Gasteiger partial charge in [0, 0.05) is 43.2 Å². The summed E-state index contributed by atoms with van der Waals surface area (Å²) in [5, 5.41) is 1.99. The second-order valence-corrected chi connectivity index (χ2v) is 7.03. The number of halogens is 3. The first-order valence-corrected chi connectivity index (χ1v) is 9.04. The van der Waals surface area contributed by atoms with E-state index in [0.717, 1.165) is 12.5 Å². The van der Waals surface area contributed by atoms with E-state index < -0.39 is 11.7 Å². The molecule has 2 aromatic rings. The number of thiophene rings is 1. The van der Waals surface area contributed by atoms with E-state index in [9.17, 15) is 18.0 Å². The smallest absolute Gasteiger partial charge is 0.368 e. The third-order valence-electron chi connectivity index (χ3n) is 4.34. The molecule has 0 N–H and O–H groups in total. The van der Waals surface area contributed by atoms with Gasteiger partial charge >= 0.3 is 6.18 Å². The maximum Gasteiger partial charge on any atom is 0.416 e. The highest BCUT2D eigenvalue weighted by Crippen LogP contribution is 2.31. The van der Waals surface area contributed by atoms with Crippen LogP contribution < -0.4 is 4.90 Å². The predicted octanol–water partition coefficient (Wildman–Crippen LogP) is 4.05. The van der Waals surface area contributed by atoms with Crippen LogP contribution in [0.4, 0.5) is 18.9 Å². The number of carbonyl (C=O) groups is 1. The summed E-state index contributed by atoms with van der Waals surface area (Å²) in [4.78, 5) is 17.2. The zero-order valence-corrected chi connectivity index (χ0v) is 14.4. The summed E-state index contributed by atoms with van der Waals surface area (Å²) >= 11 is 1.64. The van der Waals surface area contributed by atoms with Gasteiger partial charge in [-0.15, -0.1) is 11.3 Å². The Morgan fingerprint density at radius 2 is 1.84 bits per heavy atom. The highest BCUT2D eigenvalue weighted by atomic mass is 32.1. The van der Waals surface area contributed by atoms with Gasteiger partial charge in [0.2, 0.25) is 5.91 Å². The van der Waals surface area contributed by atoms with Gasteiger partial charge in [0.05, 0.1) is 5.56 Å². The highest BCUT2D eigenvalue weighted by Gasteiger charge is 2.31. The van der Waals surface area contributed by atoms with Crippen molar-refractivity contribution in [1.82, 2.24) is 4.90 Å². The minimum absolute atomic E-state index is 0.108. The van der Waals surface area contributed by atoms with Gasteiger partial charge in [-0.05, 0) is 36.1 Å². The summed E-state index contributed by atoms with van der Waals surface area (Å²) in [7, 11) is 0. The van der Waals surface area contributed by atoms with Crippen LogP contribution in [-0.2, 0) is 17.4 Å². The Kier molecular flexibility index (Phi) is 5.32. The maximum absolute atomic E-state index is 12.8. The second kappa shape index (κ2) is 7.47. The molecule has 0 atom stereocenters. The number of hydrogen-bond donors (Lipinski definition) is 0. The predicted molar refractivity (Wildman–Crippen MR) is 92.9 cm³/mol. The molecule has 0 radical (unpaired) electrons. The van der Waals surface area contributed by atoms with Crippen molar-refractivity contribution in [3.05, 3.63) is 52.2 Å².